The number of esters is 1. The topological polar surface area (TPSA) is 94.1 Å². The number of hydrogen-bond donors (Lipinski definition) is 2. The van der Waals surface area contributed by atoms with Crippen molar-refractivity contribution in [2.75, 3.05) is 20.3 Å². The van der Waals surface area contributed by atoms with E-state index in [4.69, 9.17) is 13.9 Å². The molecule has 158 valence electrons. The fourth-order valence-corrected chi connectivity index (χ4v) is 4.69. The lowest BCUT2D eigenvalue weighted by atomic mass is 9.82. The highest BCUT2D eigenvalue weighted by Gasteiger charge is 2.75. The Balaban J connectivity index is 3.23. The van der Waals surface area contributed by atoms with Crippen molar-refractivity contribution >= 4 is 21.1 Å². The minimum atomic E-state index is -1.38. The highest BCUT2D eigenvalue weighted by atomic mass is 28.3. The number of amides is 1. The number of nitrogens with one attached hydrogen (secondary N) is 1. The van der Waals surface area contributed by atoms with Crippen LogP contribution in [0.2, 0.25) is 13.1 Å². The number of aliphatic hydroxyl groups is 1. The van der Waals surface area contributed by atoms with Gasteiger partial charge in [-0.3, -0.25) is 4.79 Å². The molecule has 1 aliphatic rings. The van der Waals surface area contributed by atoms with Gasteiger partial charge >= 0.3 is 12.1 Å². The third kappa shape index (κ3) is 5.68. The Morgan fingerprint density at radius 1 is 1.19 bits per heavy atom. The van der Waals surface area contributed by atoms with Crippen LogP contribution in [0.3, 0.4) is 0 Å². The standard InChI is InChI=1S/C19H37NO6Si/c1-17(2,3)14-13(15(22)24-7)19(14,11-25-27(8)9)12(10-21)20-16(23)26-18(4,5)6/h12-14,21,27H,10-11H2,1-9H3,(H,20,23). The van der Waals surface area contributed by atoms with E-state index in [1.807, 2.05) is 33.9 Å². The van der Waals surface area contributed by atoms with Crippen LogP contribution in [-0.2, 0) is 18.7 Å². The lowest BCUT2D eigenvalue weighted by Gasteiger charge is -2.32. The van der Waals surface area contributed by atoms with Crippen LogP contribution in [0.25, 0.3) is 0 Å². The SMILES string of the molecule is COC(=O)C1C(C(C)(C)C)C1(CO[SiH](C)C)C(CO)NC(=O)OC(C)(C)C. The molecule has 1 amide bonds. The molecule has 2 N–H and O–H groups in total. The van der Waals surface area contributed by atoms with E-state index in [0.717, 1.165) is 0 Å². The molecule has 0 aromatic rings. The smallest absolute Gasteiger partial charge is 0.407 e. The summed E-state index contributed by atoms with van der Waals surface area (Å²) < 4.78 is 16.4. The van der Waals surface area contributed by atoms with Crippen LogP contribution in [-0.4, -0.2) is 58.2 Å². The van der Waals surface area contributed by atoms with E-state index in [2.05, 4.69) is 5.32 Å². The zero-order chi connectivity index (χ0) is 21.2. The van der Waals surface area contributed by atoms with E-state index >= 15 is 0 Å². The fourth-order valence-electron chi connectivity index (χ4n) is 4.07. The van der Waals surface area contributed by atoms with Gasteiger partial charge in [-0.2, -0.15) is 0 Å². The maximum absolute atomic E-state index is 12.5. The first-order chi connectivity index (χ1) is 12.2. The quantitative estimate of drug-likeness (QED) is 0.500. The molecule has 0 aromatic heterocycles. The molecule has 0 spiro atoms. The number of rotatable bonds is 7. The Hall–Kier alpha value is -1.12. The molecule has 0 aliphatic heterocycles. The molecule has 4 unspecified atom stereocenters. The minimum absolute atomic E-state index is 0.0997. The summed E-state index contributed by atoms with van der Waals surface area (Å²) in [5.41, 5.74) is -1.62. The maximum atomic E-state index is 12.5. The molecule has 0 aromatic carbocycles. The second-order valence-electron chi connectivity index (χ2n) is 9.70. The molecule has 0 heterocycles. The Kier molecular flexibility index (Phi) is 7.52. The second kappa shape index (κ2) is 8.49. The molecule has 1 rings (SSSR count). The predicted octanol–water partition coefficient (Wildman–Crippen LogP) is 2.32. The van der Waals surface area contributed by atoms with Crippen molar-refractivity contribution in [1.82, 2.24) is 5.32 Å². The number of methoxy groups -OCH3 is 1. The lowest BCUT2D eigenvalue weighted by Crippen LogP contribution is -2.50. The molecule has 0 bridgehead atoms. The zero-order valence-electron chi connectivity index (χ0n) is 18.2. The first-order valence-electron chi connectivity index (χ1n) is 9.50. The predicted molar refractivity (Wildman–Crippen MR) is 106 cm³/mol. The lowest BCUT2D eigenvalue weighted by molar-refractivity contribution is -0.144. The average molecular weight is 404 g/mol. The van der Waals surface area contributed by atoms with Gasteiger partial charge < -0.3 is 24.3 Å². The van der Waals surface area contributed by atoms with E-state index in [9.17, 15) is 14.7 Å². The van der Waals surface area contributed by atoms with Crippen LogP contribution in [0, 0.1) is 22.7 Å². The number of alkyl carbamates (subject to hydrolysis) is 1. The number of carbonyl (C=O) groups is 2. The number of hydrogen-bond acceptors (Lipinski definition) is 6. The Morgan fingerprint density at radius 3 is 2.11 bits per heavy atom. The second-order valence-corrected chi connectivity index (χ2v) is 12.1. The van der Waals surface area contributed by atoms with Crippen molar-refractivity contribution in [1.29, 1.82) is 0 Å². The van der Waals surface area contributed by atoms with E-state index in [1.54, 1.807) is 20.8 Å². The van der Waals surface area contributed by atoms with E-state index < -0.39 is 38.1 Å². The van der Waals surface area contributed by atoms with Crippen LogP contribution in [0.1, 0.15) is 41.5 Å². The molecule has 27 heavy (non-hydrogen) atoms. The average Bonchev–Trinajstić information content (AvgIpc) is 3.18. The van der Waals surface area contributed by atoms with Gasteiger partial charge in [0.2, 0.25) is 0 Å². The van der Waals surface area contributed by atoms with Gasteiger partial charge in [0.25, 0.3) is 0 Å². The third-order valence-electron chi connectivity index (χ3n) is 4.96. The summed E-state index contributed by atoms with van der Waals surface area (Å²) in [4.78, 5) is 24.9. The number of aliphatic hydroxyl groups excluding tert-OH is 1. The highest BCUT2D eigenvalue weighted by Crippen LogP contribution is 2.68. The van der Waals surface area contributed by atoms with Crippen molar-refractivity contribution in [2.24, 2.45) is 22.7 Å². The van der Waals surface area contributed by atoms with E-state index in [1.165, 1.54) is 7.11 Å². The van der Waals surface area contributed by atoms with Crippen molar-refractivity contribution in [3.05, 3.63) is 0 Å². The molecular weight excluding hydrogens is 366 g/mol. The number of ether oxygens (including phenoxy) is 2. The summed E-state index contributed by atoms with van der Waals surface area (Å²) in [6.07, 6.45) is -0.620. The summed E-state index contributed by atoms with van der Waals surface area (Å²) in [6.45, 7) is 15.5. The van der Waals surface area contributed by atoms with Gasteiger partial charge in [0.15, 0.2) is 9.04 Å². The summed E-state index contributed by atoms with van der Waals surface area (Å²) in [5, 5.41) is 12.9. The summed E-state index contributed by atoms with van der Waals surface area (Å²) >= 11 is 0. The Bertz CT molecular complexity index is 539. The van der Waals surface area contributed by atoms with Gasteiger partial charge in [0, 0.05) is 12.0 Å². The first-order valence-corrected chi connectivity index (χ1v) is 12.3. The van der Waals surface area contributed by atoms with Crippen LogP contribution in [0.5, 0.6) is 0 Å². The van der Waals surface area contributed by atoms with Gasteiger partial charge in [-0.05, 0) is 45.2 Å². The first kappa shape index (κ1) is 23.9. The summed E-state index contributed by atoms with van der Waals surface area (Å²) in [7, 11) is -0.0199. The fraction of sp³-hybridized carbons (Fsp3) is 0.895. The molecule has 4 atom stereocenters. The Labute approximate surface area is 164 Å². The molecule has 8 heteroatoms. The molecule has 1 saturated carbocycles. The molecular formula is C19H37NO6Si. The van der Waals surface area contributed by atoms with Crippen molar-refractivity contribution in [3.8, 4) is 0 Å². The van der Waals surface area contributed by atoms with Gasteiger partial charge in [0.1, 0.15) is 5.60 Å². The molecule has 7 nitrogen and oxygen atoms in total. The minimum Gasteiger partial charge on any atom is -0.469 e. The van der Waals surface area contributed by atoms with Crippen LogP contribution in [0.15, 0.2) is 0 Å². The van der Waals surface area contributed by atoms with E-state index in [0.29, 0.717) is 6.61 Å². The monoisotopic (exact) mass is 403 g/mol. The summed E-state index contributed by atoms with van der Waals surface area (Å²) in [5.74, 6) is -0.895. The molecule has 1 fully saturated rings. The van der Waals surface area contributed by atoms with Gasteiger partial charge in [-0.25, -0.2) is 4.79 Å². The van der Waals surface area contributed by atoms with Gasteiger partial charge in [-0.15, -0.1) is 0 Å². The number of carbonyl (C=O) groups excluding carboxylic acids is 2. The van der Waals surface area contributed by atoms with Crippen molar-refractivity contribution < 1.29 is 28.6 Å². The van der Waals surface area contributed by atoms with Gasteiger partial charge in [0.05, 0.1) is 25.7 Å². The Morgan fingerprint density at radius 2 is 1.74 bits per heavy atom. The third-order valence-corrected chi connectivity index (χ3v) is 5.79. The zero-order valence-corrected chi connectivity index (χ0v) is 19.4. The highest BCUT2D eigenvalue weighted by molar-refractivity contribution is 6.48. The molecule has 1 aliphatic carbocycles. The molecule has 0 radical (unpaired) electrons. The maximum Gasteiger partial charge on any atom is 0.407 e. The normalized spacial score (nSPS) is 26.5. The van der Waals surface area contributed by atoms with Crippen molar-refractivity contribution in [3.63, 3.8) is 0 Å². The van der Waals surface area contributed by atoms with Crippen molar-refractivity contribution in [2.45, 2.75) is 66.3 Å². The molecule has 0 saturated heterocycles. The van der Waals surface area contributed by atoms with Crippen LogP contribution < -0.4 is 5.32 Å². The van der Waals surface area contributed by atoms with Gasteiger partial charge in [-0.1, -0.05) is 20.8 Å². The van der Waals surface area contributed by atoms with Crippen LogP contribution >= 0.6 is 0 Å². The van der Waals surface area contributed by atoms with E-state index in [-0.39, 0.29) is 23.9 Å². The van der Waals surface area contributed by atoms with Crippen LogP contribution in [0.4, 0.5) is 4.79 Å². The largest absolute Gasteiger partial charge is 0.469 e. The summed E-state index contributed by atoms with van der Waals surface area (Å²) in [6, 6.07) is -0.673.